The Labute approximate surface area is 152 Å². The third kappa shape index (κ3) is 4.03. The predicted molar refractivity (Wildman–Crippen MR) is 98.9 cm³/mol. The van der Waals surface area contributed by atoms with Crippen molar-refractivity contribution in [2.75, 3.05) is 0 Å². The molecule has 0 atom stereocenters. The third-order valence-electron chi connectivity index (χ3n) is 3.82. The van der Waals surface area contributed by atoms with Crippen molar-refractivity contribution in [1.82, 2.24) is 0 Å². The van der Waals surface area contributed by atoms with Gasteiger partial charge in [0.2, 0.25) is 9.84 Å². The second-order valence-corrected chi connectivity index (χ2v) is 8.02. The van der Waals surface area contributed by atoms with E-state index in [1.54, 1.807) is 60.7 Å². The summed E-state index contributed by atoms with van der Waals surface area (Å²) < 4.78 is 30.8. The zero-order valence-corrected chi connectivity index (χ0v) is 15.2. The Kier molecular flexibility index (Phi) is 5.11. The maximum absolute atomic E-state index is 12.6. The molecule has 0 heterocycles. The number of rotatable bonds is 5. The fourth-order valence-electron chi connectivity index (χ4n) is 2.37. The van der Waals surface area contributed by atoms with Gasteiger partial charge < -0.3 is 4.74 Å². The van der Waals surface area contributed by atoms with E-state index in [0.717, 1.165) is 16.9 Å². The first-order valence-corrected chi connectivity index (χ1v) is 9.61. The molecule has 5 heteroatoms. The van der Waals surface area contributed by atoms with Gasteiger partial charge in [-0.05, 0) is 60.5 Å². The van der Waals surface area contributed by atoms with E-state index in [0.29, 0.717) is 11.6 Å². The Balaban J connectivity index is 1.73. The Bertz CT molecular complexity index is 966. The highest BCUT2D eigenvalue weighted by Crippen LogP contribution is 2.23. The van der Waals surface area contributed by atoms with Crippen molar-refractivity contribution in [2.45, 2.75) is 23.3 Å². The van der Waals surface area contributed by atoms with E-state index in [9.17, 15) is 8.42 Å². The van der Waals surface area contributed by atoms with Crippen LogP contribution in [0.25, 0.3) is 0 Å². The molecule has 0 radical (unpaired) electrons. The highest BCUT2D eigenvalue weighted by molar-refractivity contribution is 7.91. The van der Waals surface area contributed by atoms with Crippen molar-refractivity contribution >= 4 is 21.4 Å². The van der Waals surface area contributed by atoms with Crippen LogP contribution in [-0.2, 0) is 16.4 Å². The zero-order chi connectivity index (χ0) is 17.9. The molecule has 3 aromatic rings. The summed E-state index contributed by atoms with van der Waals surface area (Å²) in [5.74, 6) is 0.725. The first-order valence-electron chi connectivity index (χ1n) is 7.75. The van der Waals surface area contributed by atoms with E-state index in [-0.39, 0.29) is 9.79 Å². The minimum absolute atomic E-state index is 0.268. The summed E-state index contributed by atoms with van der Waals surface area (Å²) in [7, 11) is -3.49. The molecule has 0 aliphatic rings. The summed E-state index contributed by atoms with van der Waals surface area (Å²) in [5, 5.41) is 0.697. The van der Waals surface area contributed by atoms with Crippen LogP contribution in [0.5, 0.6) is 5.75 Å². The van der Waals surface area contributed by atoms with Gasteiger partial charge in [0.15, 0.2) is 0 Å². The molecule has 3 rings (SSSR count). The lowest BCUT2D eigenvalue weighted by molar-refractivity contribution is 0.306. The molecule has 0 saturated carbocycles. The van der Waals surface area contributed by atoms with Gasteiger partial charge in [-0.2, -0.15) is 0 Å². The molecule has 0 fully saturated rings. The Morgan fingerprint density at radius 1 is 0.880 bits per heavy atom. The van der Waals surface area contributed by atoms with Crippen molar-refractivity contribution in [3.63, 3.8) is 0 Å². The number of hydrogen-bond acceptors (Lipinski definition) is 3. The van der Waals surface area contributed by atoms with Crippen molar-refractivity contribution < 1.29 is 13.2 Å². The average Bonchev–Trinajstić information content (AvgIpc) is 2.64. The van der Waals surface area contributed by atoms with Crippen LogP contribution >= 0.6 is 11.6 Å². The molecule has 0 unspecified atom stereocenters. The monoisotopic (exact) mass is 372 g/mol. The number of halogens is 1. The molecule has 25 heavy (non-hydrogen) atoms. The Hall–Kier alpha value is -2.30. The molecule has 0 spiro atoms. The van der Waals surface area contributed by atoms with Crippen LogP contribution in [0.4, 0.5) is 0 Å². The lowest BCUT2D eigenvalue weighted by Gasteiger charge is -2.09. The lowest BCUT2D eigenvalue weighted by Crippen LogP contribution is -2.02. The third-order valence-corrected chi connectivity index (χ3v) is 6.03. The topological polar surface area (TPSA) is 43.4 Å². The molecular formula is C20H17ClO3S. The largest absolute Gasteiger partial charge is 0.489 e. The van der Waals surface area contributed by atoms with Crippen LogP contribution < -0.4 is 4.74 Å². The highest BCUT2D eigenvalue weighted by atomic mass is 35.5. The van der Waals surface area contributed by atoms with Gasteiger partial charge in [0.05, 0.1) is 9.79 Å². The minimum Gasteiger partial charge on any atom is -0.489 e. The molecule has 0 bridgehead atoms. The smallest absolute Gasteiger partial charge is 0.206 e. The first-order chi connectivity index (χ1) is 12.0. The van der Waals surface area contributed by atoms with E-state index in [4.69, 9.17) is 16.3 Å². The van der Waals surface area contributed by atoms with Gasteiger partial charge in [-0.1, -0.05) is 41.9 Å². The summed E-state index contributed by atoms with van der Waals surface area (Å²) in [6, 6.07) is 20.6. The van der Waals surface area contributed by atoms with Gasteiger partial charge in [-0.3, -0.25) is 0 Å². The Morgan fingerprint density at radius 3 is 2.16 bits per heavy atom. The van der Waals surface area contributed by atoms with Crippen molar-refractivity contribution in [3.05, 3.63) is 88.9 Å². The highest BCUT2D eigenvalue weighted by Gasteiger charge is 2.16. The van der Waals surface area contributed by atoms with E-state index in [2.05, 4.69) is 0 Å². The first kappa shape index (κ1) is 17.5. The molecule has 0 amide bonds. The SMILES string of the molecule is Cc1cc(OCc2ccc(S(=O)(=O)c3ccccc3)cc2)ccc1Cl. The molecule has 3 nitrogen and oxygen atoms in total. The molecule has 0 aliphatic carbocycles. The molecule has 3 aromatic carbocycles. The summed E-state index contributed by atoms with van der Waals surface area (Å²) in [4.78, 5) is 0.556. The van der Waals surface area contributed by atoms with Crippen molar-refractivity contribution in [1.29, 1.82) is 0 Å². The minimum atomic E-state index is -3.49. The van der Waals surface area contributed by atoms with E-state index in [1.807, 2.05) is 19.1 Å². The average molecular weight is 373 g/mol. The van der Waals surface area contributed by atoms with Crippen molar-refractivity contribution in [2.24, 2.45) is 0 Å². The van der Waals surface area contributed by atoms with Crippen LogP contribution in [-0.4, -0.2) is 8.42 Å². The van der Waals surface area contributed by atoms with E-state index >= 15 is 0 Å². The summed E-state index contributed by atoms with van der Waals surface area (Å²) in [6.45, 7) is 2.27. The quantitative estimate of drug-likeness (QED) is 0.628. The number of ether oxygens (including phenoxy) is 1. The van der Waals surface area contributed by atoms with Crippen LogP contribution in [0.3, 0.4) is 0 Å². The summed E-state index contributed by atoms with van der Waals surface area (Å²) >= 11 is 6.00. The number of benzene rings is 3. The van der Waals surface area contributed by atoms with Gasteiger partial charge in [0.1, 0.15) is 12.4 Å². The van der Waals surface area contributed by atoms with Gasteiger partial charge >= 0.3 is 0 Å². The second-order valence-electron chi connectivity index (χ2n) is 5.66. The maximum Gasteiger partial charge on any atom is 0.206 e. The van der Waals surface area contributed by atoms with Crippen molar-refractivity contribution in [3.8, 4) is 5.75 Å². The van der Waals surface area contributed by atoms with Crippen LogP contribution in [0.15, 0.2) is 82.6 Å². The fourth-order valence-corrected chi connectivity index (χ4v) is 3.77. The molecular weight excluding hydrogens is 356 g/mol. The summed E-state index contributed by atoms with van der Waals surface area (Å²) in [6.07, 6.45) is 0. The van der Waals surface area contributed by atoms with E-state index < -0.39 is 9.84 Å². The molecule has 0 N–H and O–H groups in total. The molecule has 0 aliphatic heterocycles. The maximum atomic E-state index is 12.6. The Morgan fingerprint density at radius 2 is 1.52 bits per heavy atom. The number of aryl methyl sites for hydroxylation is 1. The molecule has 0 aromatic heterocycles. The lowest BCUT2D eigenvalue weighted by atomic mass is 10.2. The standard InChI is InChI=1S/C20H17ClO3S/c1-15-13-17(9-12-20(15)21)24-14-16-7-10-19(11-8-16)25(22,23)18-5-3-2-4-6-18/h2-13H,14H2,1H3. The van der Waals surface area contributed by atoms with Gasteiger partial charge in [-0.25, -0.2) is 8.42 Å². The second kappa shape index (κ2) is 7.30. The van der Waals surface area contributed by atoms with Gasteiger partial charge in [0.25, 0.3) is 0 Å². The van der Waals surface area contributed by atoms with Crippen LogP contribution in [0.2, 0.25) is 5.02 Å². The fraction of sp³-hybridized carbons (Fsp3) is 0.100. The molecule has 0 saturated heterocycles. The normalized spacial score (nSPS) is 11.3. The van der Waals surface area contributed by atoms with Crippen LogP contribution in [0, 0.1) is 6.92 Å². The summed E-state index contributed by atoms with van der Waals surface area (Å²) in [5.41, 5.74) is 1.84. The van der Waals surface area contributed by atoms with Gasteiger partial charge in [-0.15, -0.1) is 0 Å². The van der Waals surface area contributed by atoms with Crippen LogP contribution in [0.1, 0.15) is 11.1 Å². The van der Waals surface area contributed by atoms with Gasteiger partial charge in [0, 0.05) is 5.02 Å². The number of hydrogen-bond donors (Lipinski definition) is 0. The predicted octanol–water partition coefficient (Wildman–Crippen LogP) is 5.06. The van der Waals surface area contributed by atoms with E-state index in [1.165, 1.54) is 0 Å². The zero-order valence-electron chi connectivity index (χ0n) is 13.6. The molecule has 128 valence electrons. The number of sulfone groups is 1.